The molecule has 0 aliphatic carbocycles. The smallest absolute Gasteiger partial charge is 0.346 e. The Hall–Kier alpha value is -1.29. The van der Waals surface area contributed by atoms with Gasteiger partial charge in [-0.3, -0.25) is 0 Å². The molecular formula is C13H6Cl3FO2. The van der Waals surface area contributed by atoms with E-state index >= 15 is 0 Å². The molecule has 0 aliphatic heterocycles. The summed E-state index contributed by atoms with van der Waals surface area (Å²) in [5.74, 6) is -1.52. The van der Waals surface area contributed by atoms with Crippen molar-refractivity contribution in [3.05, 3.63) is 62.8 Å². The highest BCUT2D eigenvalue weighted by molar-refractivity contribution is 6.42. The Morgan fingerprint density at radius 1 is 1.00 bits per heavy atom. The lowest BCUT2D eigenvalue weighted by atomic mass is 10.2. The number of carbonyl (C=O) groups excluding carboxylic acids is 1. The predicted molar refractivity (Wildman–Crippen MR) is 72.8 cm³/mol. The maximum Gasteiger partial charge on any atom is 0.346 e. The largest absolute Gasteiger partial charge is 0.423 e. The topological polar surface area (TPSA) is 26.3 Å². The first kappa shape index (κ1) is 14.1. The summed E-state index contributed by atoms with van der Waals surface area (Å²) in [5.41, 5.74) is -0.251. The summed E-state index contributed by atoms with van der Waals surface area (Å²) in [5, 5.41) is 0.414. The van der Waals surface area contributed by atoms with Gasteiger partial charge < -0.3 is 4.74 Å². The zero-order valence-corrected chi connectivity index (χ0v) is 11.6. The molecule has 0 radical (unpaired) electrons. The normalized spacial score (nSPS) is 10.3. The average molecular weight is 320 g/mol. The molecule has 98 valence electrons. The van der Waals surface area contributed by atoms with Crippen LogP contribution in [0.2, 0.25) is 15.1 Å². The van der Waals surface area contributed by atoms with Gasteiger partial charge in [-0.15, -0.1) is 0 Å². The van der Waals surface area contributed by atoms with Crippen LogP contribution in [0.5, 0.6) is 5.75 Å². The van der Waals surface area contributed by atoms with E-state index in [0.29, 0.717) is 5.02 Å². The van der Waals surface area contributed by atoms with Crippen LogP contribution in [0, 0.1) is 5.82 Å². The molecule has 0 aromatic heterocycles. The summed E-state index contributed by atoms with van der Waals surface area (Å²) in [7, 11) is 0. The van der Waals surface area contributed by atoms with E-state index in [9.17, 15) is 9.18 Å². The lowest BCUT2D eigenvalue weighted by Crippen LogP contribution is -2.10. The fourth-order valence-corrected chi connectivity index (χ4v) is 1.83. The van der Waals surface area contributed by atoms with Crippen molar-refractivity contribution >= 4 is 40.8 Å². The first-order chi connectivity index (χ1) is 8.99. The van der Waals surface area contributed by atoms with Gasteiger partial charge in [-0.2, -0.15) is 0 Å². The zero-order chi connectivity index (χ0) is 14.0. The van der Waals surface area contributed by atoms with Crippen LogP contribution in [0.15, 0.2) is 36.4 Å². The van der Waals surface area contributed by atoms with Gasteiger partial charge in [0.05, 0.1) is 20.6 Å². The Bertz CT molecular complexity index is 644. The van der Waals surface area contributed by atoms with E-state index in [1.54, 1.807) is 0 Å². The molecule has 0 unspecified atom stereocenters. The SMILES string of the molecule is O=C(Oc1ccc(Cl)c(Cl)c1)c1cccc(Cl)c1F. The lowest BCUT2D eigenvalue weighted by Gasteiger charge is -2.06. The molecule has 0 spiro atoms. The quantitative estimate of drug-likeness (QED) is 0.575. The highest BCUT2D eigenvalue weighted by Crippen LogP contribution is 2.27. The molecule has 2 aromatic rings. The van der Waals surface area contributed by atoms with Crippen LogP contribution in [-0.2, 0) is 0 Å². The molecule has 0 N–H and O–H groups in total. The third-order valence-corrected chi connectivity index (χ3v) is 3.30. The Balaban J connectivity index is 2.26. The maximum atomic E-state index is 13.6. The van der Waals surface area contributed by atoms with Crippen LogP contribution in [-0.4, -0.2) is 5.97 Å². The second kappa shape index (κ2) is 5.78. The van der Waals surface area contributed by atoms with E-state index in [0.717, 1.165) is 0 Å². The van der Waals surface area contributed by atoms with Crippen LogP contribution < -0.4 is 4.74 Å². The van der Waals surface area contributed by atoms with E-state index in [-0.39, 0.29) is 21.4 Å². The number of halogens is 4. The molecule has 19 heavy (non-hydrogen) atoms. The number of rotatable bonds is 2. The number of benzene rings is 2. The fourth-order valence-electron chi connectivity index (χ4n) is 1.36. The Morgan fingerprint density at radius 2 is 1.74 bits per heavy atom. The van der Waals surface area contributed by atoms with Crippen molar-refractivity contribution in [2.24, 2.45) is 0 Å². The predicted octanol–water partition coefficient (Wildman–Crippen LogP) is 5.01. The summed E-state index contributed by atoms with van der Waals surface area (Å²) >= 11 is 17.1. The minimum atomic E-state index is -0.863. The first-order valence-corrected chi connectivity index (χ1v) is 6.23. The summed E-state index contributed by atoms with van der Waals surface area (Å²) in [4.78, 5) is 11.8. The second-order valence-electron chi connectivity index (χ2n) is 3.57. The molecule has 6 heteroatoms. The zero-order valence-electron chi connectivity index (χ0n) is 9.29. The van der Waals surface area contributed by atoms with E-state index < -0.39 is 11.8 Å². The third kappa shape index (κ3) is 3.18. The second-order valence-corrected chi connectivity index (χ2v) is 4.79. The van der Waals surface area contributed by atoms with Crippen molar-refractivity contribution in [1.82, 2.24) is 0 Å². The third-order valence-electron chi connectivity index (χ3n) is 2.27. The number of ether oxygens (including phenoxy) is 1. The van der Waals surface area contributed by atoms with Gasteiger partial charge in [0.25, 0.3) is 0 Å². The van der Waals surface area contributed by atoms with Gasteiger partial charge >= 0.3 is 5.97 Å². The standard InChI is InChI=1S/C13H6Cl3FO2/c14-9-5-4-7(6-11(9)16)19-13(18)8-2-1-3-10(15)12(8)17/h1-6H. The van der Waals surface area contributed by atoms with Gasteiger partial charge in [0.2, 0.25) is 0 Å². The van der Waals surface area contributed by atoms with Crippen molar-refractivity contribution in [1.29, 1.82) is 0 Å². The van der Waals surface area contributed by atoms with Gasteiger partial charge in [-0.25, -0.2) is 9.18 Å². The van der Waals surface area contributed by atoms with Gasteiger partial charge in [-0.1, -0.05) is 40.9 Å². The highest BCUT2D eigenvalue weighted by Gasteiger charge is 2.16. The van der Waals surface area contributed by atoms with Crippen LogP contribution in [0.3, 0.4) is 0 Å². The van der Waals surface area contributed by atoms with Crippen LogP contribution in [0.4, 0.5) is 4.39 Å². The Morgan fingerprint density at radius 3 is 2.42 bits per heavy atom. The van der Waals surface area contributed by atoms with Crippen LogP contribution in [0.25, 0.3) is 0 Å². The molecule has 0 bridgehead atoms. The number of hydrogen-bond donors (Lipinski definition) is 0. The maximum absolute atomic E-state index is 13.6. The Kier molecular flexibility index (Phi) is 4.30. The molecular weight excluding hydrogens is 313 g/mol. The molecule has 2 aromatic carbocycles. The molecule has 2 rings (SSSR count). The molecule has 0 aliphatic rings. The molecule has 0 amide bonds. The van der Waals surface area contributed by atoms with Crippen molar-refractivity contribution in [3.8, 4) is 5.75 Å². The van der Waals surface area contributed by atoms with Gasteiger partial charge in [0.15, 0.2) is 5.82 Å². The van der Waals surface area contributed by atoms with Crippen molar-refractivity contribution in [2.75, 3.05) is 0 Å². The van der Waals surface area contributed by atoms with Gasteiger partial charge in [0, 0.05) is 6.07 Å². The van der Waals surface area contributed by atoms with E-state index in [1.807, 2.05) is 0 Å². The molecule has 0 fully saturated rings. The molecule has 2 nitrogen and oxygen atoms in total. The fraction of sp³-hybridized carbons (Fsp3) is 0. The molecule has 0 heterocycles. The lowest BCUT2D eigenvalue weighted by molar-refractivity contribution is 0.0730. The minimum absolute atomic E-state index is 0.149. The van der Waals surface area contributed by atoms with Crippen LogP contribution in [0.1, 0.15) is 10.4 Å². The molecule has 0 saturated heterocycles. The monoisotopic (exact) mass is 318 g/mol. The van der Waals surface area contributed by atoms with Gasteiger partial charge in [-0.05, 0) is 24.3 Å². The van der Waals surface area contributed by atoms with E-state index in [2.05, 4.69) is 0 Å². The number of hydrogen-bond acceptors (Lipinski definition) is 2. The van der Waals surface area contributed by atoms with Crippen molar-refractivity contribution in [2.45, 2.75) is 0 Å². The van der Waals surface area contributed by atoms with Crippen LogP contribution >= 0.6 is 34.8 Å². The summed E-state index contributed by atoms with van der Waals surface area (Å²) in [6.07, 6.45) is 0. The summed E-state index contributed by atoms with van der Waals surface area (Å²) < 4.78 is 18.6. The minimum Gasteiger partial charge on any atom is -0.423 e. The number of carbonyl (C=O) groups is 1. The summed E-state index contributed by atoms with van der Waals surface area (Å²) in [6.45, 7) is 0. The van der Waals surface area contributed by atoms with E-state index in [1.165, 1.54) is 36.4 Å². The van der Waals surface area contributed by atoms with Gasteiger partial charge in [0.1, 0.15) is 5.75 Å². The average Bonchev–Trinajstić information content (AvgIpc) is 2.37. The molecule has 0 saturated carbocycles. The van der Waals surface area contributed by atoms with E-state index in [4.69, 9.17) is 39.5 Å². The summed E-state index contributed by atoms with van der Waals surface area (Å²) in [6, 6.07) is 8.37. The van der Waals surface area contributed by atoms with Crippen molar-refractivity contribution < 1.29 is 13.9 Å². The Labute approximate surface area is 123 Å². The highest BCUT2D eigenvalue weighted by atomic mass is 35.5. The number of esters is 1. The molecule has 0 atom stereocenters. The first-order valence-electron chi connectivity index (χ1n) is 5.10. The van der Waals surface area contributed by atoms with Crippen molar-refractivity contribution in [3.63, 3.8) is 0 Å².